The van der Waals surface area contributed by atoms with Crippen molar-refractivity contribution in [3.8, 4) is 22.8 Å². The second kappa shape index (κ2) is 8.77. The smallest absolute Gasteiger partial charge is 0.266 e. The highest BCUT2D eigenvalue weighted by Crippen LogP contribution is 2.32. The summed E-state index contributed by atoms with van der Waals surface area (Å²) in [6.45, 7) is 0.903. The summed E-state index contributed by atoms with van der Waals surface area (Å²) < 4.78 is 25.0. The molecule has 30 heavy (non-hydrogen) atoms. The van der Waals surface area contributed by atoms with Crippen LogP contribution >= 0.6 is 0 Å². The standard InChI is InChI=1S/C22H20FN3O4/c23-17-6-4-16(5-7-17)18-8-10-22(28)26(25-18)11-1-2-21(27)24-13-15-3-9-19-20(12-15)30-14-29-19/h3-10,12H,1-2,11,13-14H2,(H,24,27). The third kappa shape index (κ3) is 4.65. The molecule has 0 radical (unpaired) electrons. The van der Waals surface area contributed by atoms with Crippen LogP contribution in [0.2, 0.25) is 0 Å². The third-order valence-electron chi connectivity index (χ3n) is 4.71. The van der Waals surface area contributed by atoms with Gasteiger partial charge in [-0.2, -0.15) is 5.10 Å². The van der Waals surface area contributed by atoms with Crippen LogP contribution in [0.1, 0.15) is 18.4 Å². The number of nitrogens with zero attached hydrogens (tertiary/aromatic N) is 2. The summed E-state index contributed by atoms with van der Waals surface area (Å²) >= 11 is 0. The lowest BCUT2D eigenvalue weighted by Gasteiger charge is -2.08. The Kier molecular flexibility index (Phi) is 5.74. The molecule has 0 saturated carbocycles. The molecule has 8 heteroatoms. The first-order chi connectivity index (χ1) is 14.6. The highest BCUT2D eigenvalue weighted by molar-refractivity contribution is 5.75. The fourth-order valence-corrected chi connectivity index (χ4v) is 3.11. The second-order valence-electron chi connectivity index (χ2n) is 6.85. The summed E-state index contributed by atoms with van der Waals surface area (Å²) in [7, 11) is 0. The normalized spacial score (nSPS) is 12.0. The zero-order valence-corrected chi connectivity index (χ0v) is 16.1. The predicted molar refractivity (Wildman–Crippen MR) is 108 cm³/mol. The average molecular weight is 409 g/mol. The summed E-state index contributed by atoms with van der Waals surface area (Å²) in [5.41, 5.74) is 1.95. The topological polar surface area (TPSA) is 82.5 Å². The number of carbonyl (C=O) groups excluding carboxylic acids is 1. The van der Waals surface area contributed by atoms with Gasteiger partial charge in [-0.1, -0.05) is 6.07 Å². The van der Waals surface area contributed by atoms with Crippen LogP contribution in [0.15, 0.2) is 59.4 Å². The number of carbonyl (C=O) groups is 1. The van der Waals surface area contributed by atoms with Crippen LogP contribution in [-0.2, 0) is 17.9 Å². The van der Waals surface area contributed by atoms with Crippen LogP contribution in [0, 0.1) is 5.82 Å². The van der Waals surface area contributed by atoms with Gasteiger partial charge in [0.1, 0.15) is 5.82 Å². The molecule has 4 rings (SSSR count). The maximum absolute atomic E-state index is 13.1. The molecule has 3 aromatic rings. The SMILES string of the molecule is O=C(CCCn1nc(-c2ccc(F)cc2)ccc1=O)NCc1ccc2c(c1)OCO2. The fourth-order valence-electron chi connectivity index (χ4n) is 3.11. The molecule has 0 atom stereocenters. The number of ether oxygens (including phenoxy) is 2. The Hall–Kier alpha value is -3.68. The van der Waals surface area contributed by atoms with Gasteiger partial charge >= 0.3 is 0 Å². The number of hydrogen-bond acceptors (Lipinski definition) is 5. The van der Waals surface area contributed by atoms with Gasteiger partial charge in [0.25, 0.3) is 5.56 Å². The minimum atomic E-state index is -0.334. The molecule has 0 aliphatic carbocycles. The van der Waals surface area contributed by atoms with Crippen molar-refractivity contribution < 1.29 is 18.7 Å². The van der Waals surface area contributed by atoms with Crippen molar-refractivity contribution in [3.63, 3.8) is 0 Å². The molecule has 0 unspecified atom stereocenters. The lowest BCUT2D eigenvalue weighted by molar-refractivity contribution is -0.121. The van der Waals surface area contributed by atoms with E-state index in [4.69, 9.17) is 9.47 Å². The van der Waals surface area contributed by atoms with Crippen molar-refractivity contribution in [3.05, 3.63) is 76.3 Å². The number of amides is 1. The molecule has 1 aliphatic heterocycles. The van der Waals surface area contributed by atoms with Gasteiger partial charge in [-0.15, -0.1) is 0 Å². The van der Waals surface area contributed by atoms with E-state index in [0.717, 1.165) is 5.56 Å². The number of nitrogens with one attached hydrogen (secondary N) is 1. The first kappa shape index (κ1) is 19.6. The quantitative estimate of drug-likeness (QED) is 0.649. The van der Waals surface area contributed by atoms with E-state index in [2.05, 4.69) is 10.4 Å². The summed E-state index contributed by atoms with van der Waals surface area (Å²) in [5.74, 6) is 0.924. The van der Waals surface area contributed by atoms with Crippen LogP contribution < -0.4 is 20.3 Å². The number of fused-ring (bicyclic) bond motifs is 1. The lowest BCUT2D eigenvalue weighted by atomic mass is 10.1. The van der Waals surface area contributed by atoms with Crippen LogP contribution in [0.3, 0.4) is 0 Å². The molecule has 0 saturated heterocycles. The summed E-state index contributed by atoms with van der Waals surface area (Å²) in [6.07, 6.45) is 0.728. The molecule has 0 spiro atoms. The Morgan fingerprint density at radius 2 is 1.87 bits per heavy atom. The molecule has 1 aromatic heterocycles. The molecule has 2 heterocycles. The monoisotopic (exact) mass is 409 g/mol. The molecular formula is C22H20FN3O4. The molecule has 7 nitrogen and oxygen atoms in total. The maximum atomic E-state index is 13.1. The van der Waals surface area contributed by atoms with E-state index >= 15 is 0 Å². The summed E-state index contributed by atoms with van der Waals surface area (Å²) in [5, 5.41) is 7.18. The van der Waals surface area contributed by atoms with Gasteiger partial charge in [0.2, 0.25) is 12.7 Å². The summed E-state index contributed by atoms with van der Waals surface area (Å²) in [4.78, 5) is 24.2. The lowest BCUT2D eigenvalue weighted by Crippen LogP contribution is -2.25. The zero-order valence-electron chi connectivity index (χ0n) is 16.1. The van der Waals surface area contributed by atoms with Gasteiger partial charge in [-0.05, 0) is 54.4 Å². The van der Waals surface area contributed by atoms with Crippen LogP contribution in [0.25, 0.3) is 11.3 Å². The number of rotatable bonds is 7. The highest BCUT2D eigenvalue weighted by Gasteiger charge is 2.13. The Labute approximate surface area is 172 Å². The Morgan fingerprint density at radius 1 is 1.07 bits per heavy atom. The number of hydrogen-bond donors (Lipinski definition) is 1. The maximum Gasteiger partial charge on any atom is 0.266 e. The number of aryl methyl sites for hydroxylation is 1. The van der Waals surface area contributed by atoms with Crippen LogP contribution in [0.5, 0.6) is 11.5 Å². The van der Waals surface area contributed by atoms with E-state index < -0.39 is 0 Å². The van der Waals surface area contributed by atoms with E-state index in [1.165, 1.54) is 22.9 Å². The Balaban J connectivity index is 1.29. The van der Waals surface area contributed by atoms with Gasteiger partial charge in [-0.25, -0.2) is 9.07 Å². The van der Waals surface area contributed by atoms with Crippen molar-refractivity contribution >= 4 is 5.91 Å². The Morgan fingerprint density at radius 3 is 2.70 bits per heavy atom. The van der Waals surface area contributed by atoms with E-state index in [9.17, 15) is 14.0 Å². The van der Waals surface area contributed by atoms with Crippen molar-refractivity contribution in [1.29, 1.82) is 0 Å². The molecule has 154 valence electrons. The predicted octanol–water partition coefficient (Wildman–Crippen LogP) is 2.87. The van der Waals surface area contributed by atoms with Crippen molar-refractivity contribution in [2.45, 2.75) is 25.9 Å². The Bertz CT molecular complexity index is 1110. The second-order valence-corrected chi connectivity index (χ2v) is 6.85. The van der Waals surface area contributed by atoms with E-state index in [1.54, 1.807) is 18.2 Å². The summed E-state index contributed by atoms with van der Waals surface area (Å²) in [6, 6.07) is 14.5. The van der Waals surface area contributed by atoms with Crippen molar-refractivity contribution in [2.24, 2.45) is 0 Å². The number of aromatic nitrogens is 2. The third-order valence-corrected chi connectivity index (χ3v) is 4.71. The largest absolute Gasteiger partial charge is 0.454 e. The molecule has 0 bridgehead atoms. The first-order valence-corrected chi connectivity index (χ1v) is 9.58. The zero-order chi connectivity index (χ0) is 20.9. The fraction of sp³-hybridized carbons (Fsp3) is 0.227. The van der Waals surface area contributed by atoms with Gasteiger partial charge in [-0.3, -0.25) is 9.59 Å². The highest BCUT2D eigenvalue weighted by atomic mass is 19.1. The molecule has 1 N–H and O–H groups in total. The molecule has 1 amide bonds. The van der Waals surface area contributed by atoms with E-state index in [0.29, 0.717) is 42.3 Å². The van der Waals surface area contributed by atoms with Crippen LogP contribution in [0.4, 0.5) is 4.39 Å². The number of halogens is 1. The van der Waals surface area contributed by atoms with Crippen molar-refractivity contribution in [1.82, 2.24) is 15.1 Å². The minimum Gasteiger partial charge on any atom is -0.454 e. The number of benzene rings is 2. The van der Waals surface area contributed by atoms with Gasteiger partial charge in [0.05, 0.1) is 5.69 Å². The first-order valence-electron chi connectivity index (χ1n) is 9.58. The van der Waals surface area contributed by atoms with Gasteiger partial charge in [0, 0.05) is 31.1 Å². The molecule has 1 aliphatic rings. The van der Waals surface area contributed by atoms with Crippen LogP contribution in [-0.4, -0.2) is 22.5 Å². The molecule has 2 aromatic carbocycles. The van der Waals surface area contributed by atoms with Gasteiger partial charge < -0.3 is 14.8 Å². The molecule has 0 fully saturated rings. The van der Waals surface area contributed by atoms with Gasteiger partial charge in [0.15, 0.2) is 11.5 Å². The molecular weight excluding hydrogens is 389 g/mol. The van der Waals surface area contributed by atoms with E-state index in [1.807, 2.05) is 18.2 Å². The minimum absolute atomic E-state index is 0.115. The van der Waals surface area contributed by atoms with Crippen molar-refractivity contribution in [2.75, 3.05) is 6.79 Å². The average Bonchev–Trinajstić information content (AvgIpc) is 3.22. The van der Waals surface area contributed by atoms with E-state index in [-0.39, 0.29) is 30.5 Å².